The van der Waals surface area contributed by atoms with Gasteiger partial charge in [0.15, 0.2) is 10.8 Å². The Morgan fingerprint density at radius 3 is 2.96 bits per heavy atom. The third-order valence-corrected chi connectivity index (χ3v) is 5.25. The molecule has 1 atom stereocenters. The topological polar surface area (TPSA) is 117 Å². The summed E-state index contributed by atoms with van der Waals surface area (Å²) in [6, 6.07) is 2.92. The van der Waals surface area contributed by atoms with Crippen LogP contribution in [0.1, 0.15) is 19.8 Å². The third-order valence-electron chi connectivity index (χ3n) is 4.40. The standard InChI is InChI=1S/C15H15N5O4S/c1-15(8-4-5-8)12(22)20(14(23)17-15)7-10(21)16-13-19-18-11(25-13)9-3-2-6-24-9/h2-3,6,8H,4-5,7H2,1H3,(H,17,23)(H,16,19,21)/t15-/m0/s1. The van der Waals surface area contributed by atoms with Crippen LogP contribution in [0.2, 0.25) is 0 Å². The van der Waals surface area contributed by atoms with Crippen LogP contribution < -0.4 is 10.6 Å². The van der Waals surface area contributed by atoms with E-state index in [1.807, 2.05) is 0 Å². The quantitative estimate of drug-likeness (QED) is 0.779. The maximum Gasteiger partial charge on any atom is 0.325 e. The Labute approximate surface area is 146 Å². The molecule has 1 saturated heterocycles. The van der Waals surface area contributed by atoms with Crippen molar-refractivity contribution in [3.05, 3.63) is 18.4 Å². The first-order valence-electron chi connectivity index (χ1n) is 7.79. The van der Waals surface area contributed by atoms with Crippen LogP contribution in [0.5, 0.6) is 0 Å². The van der Waals surface area contributed by atoms with Gasteiger partial charge in [0.25, 0.3) is 5.91 Å². The Kier molecular flexibility index (Phi) is 3.57. The Bertz CT molecular complexity index is 844. The number of nitrogens with one attached hydrogen (secondary N) is 2. The molecule has 25 heavy (non-hydrogen) atoms. The number of hydrogen-bond acceptors (Lipinski definition) is 7. The van der Waals surface area contributed by atoms with Gasteiger partial charge in [0.2, 0.25) is 11.0 Å². The molecule has 1 aliphatic carbocycles. The fraction of sp³-hybridized carbons (Fsp3) is 0.400. The molecule has 130 valence electrons. The van der Waals surface area contributed by atoms with Gasteiger partial charge in [0.05, 0.1) is 6.26 Å². The minimum atomic E-state index is -0.896. The second-order valence-corrected chi connectivity index (χ2v) is 7.21. The summed E-state index contributed by atoms with van der Waals surface area (Å²) in [6.07, 6.45) is 3.33. The molecule has 3 heterocycles. The van der Waals surface area contributed by atoms with Gasteiger partial charge in [0.1, 0.15) is 12.1 Å². The third kappa shape index (κ3) is 2.78. The molecule has 0 bridgehead atoms. The SMILES string of the molecule is C[C@@]1(C2CC2)NC(=O)N(CC(=O)Nc2nnc(-c3ccco3)s2)C1=O. The monoisotopic (exact) mass is 361 g/mol. The largest absolute Gasteiger partial charge is 0.462 e. The summed E-state index contributed by atoms with van der Waals surface area (Å²) in [5.74, 6) is -0.169. The van der Waals surface area contributed by atoms with E-state index in [2.05, 4.69) is 20.8 Å². The van der Waals surface area contributed by atoms with Crippen LogP contribution in [0.15, 0.2) is 22.8 Å². The van der Waals surface area contributed by atoms with E-state index in [1.54, 1.807) is 19.1 Å². The minimum Gasteiger partial charge on any atom is -0.462 e. The molecule has 2 aromatic rings. The summed E-state index contributed by atoms with van der Waals surface area (Å²) < 4.78 is 5.21. The number of anilines is 1. The average Bonchev–Trinajstić information content (AvgIpc) is 3.02. The van der Waals surface area contributed by atoms with E-state index < -0.39 is 17.5 Å². The van der Waals surface area contributed by atoms with Gasteiger partial charge < -0.3 is 9.73 Å². The molecule has 4 amide bonds. The van der Waals surface area contributed by atoms with Gasteiger partial charge in [-0.2, -0.15) is 0 Å². The van der Waals surface area contributed by atoms with Crippen molar-refractivity contribution in [2.75, 3.05) is 11.9 Å². The van der Waals surface area contributed by atoms with Crippen LogP contribution in [0.3, 0.4) is 0 Å². The molecule has 0 spiro atoms. The van der Waals surface area contributed by atoms with Crippen LogP contribution >= 0.6 is 11.3 Å². The highest BCUT2D eigenvalue weighted by atomic mass is 32.1. The van der Waals surface area contributed by atoms with E-state index >= 15 is 0 Å². The van der Waals surface area contributed by atoms with E-state index in [9.17, 15) is 14.4 Å². The molecule has 1 saturated carbocycles. The molecule has 0 aromatic carbocycles. The Balaban J connectivity index is 1.41. The molecular formula is C15H15N5O4S. The van der Waals surface area contributed by atoms with Crippen LogP contribution in [-0.2, 0) is 9.59 Å². The van der Waals surface area contributed by atoms with Crippen LogP contribution in [0, 0.1) is 5.92 Å². The van der Waals surface area contributed by atoms with E-state index in [1.165, 1.54) is 6.26 Å². The normalized spacial score (nSPS) is 23.0. The number of carbonyl (C=O) groups is 3. The van der Waals surface area contributed by atoms with Crippen molar-refractivity contribution in [3.63, 3.8) is 0 Å². The second-order valence-electron chi connectivity index (χ2n) is 6.24. The molecule has 1 aliphatic heterocycles. The molecule has 0 unspecified atom stereocenters. The number of carbonyl (C=O) groups excluding carboxylic acids is 3. The van der Waals surface area contributed by atoms with Crippen molar-refractivity contribution in [1.29, 1.82) is 0 Å². The highest BCUT2D eigenvalue weighted by Crippen LogP contribution is 2.42. The minimum absolute atomic E-state index is 0.149. The first-order chi connectivity index (χ1) is 12.0. The van der Waals surface area contributed by atoms with Gasteiger partial charge in [-0.1, -0.05) is 11.3 Å². The number of amides is 4. The predicted molar refractivity (Wildman–Crippen MR) is 87.6 cm³/mol. The van der Waals surface area contributed by atoms with Gasteiger partial charge in [-0.15, -0.1) is 10.2 Å². The Hall–Kier alpha value is -2.75. The maximum absolute atomic E-state index is 12.5. The predicted octanol–water partition coefficient (Wildman–Crippen LogP) is 1.46. The lowest BCUT2D eigenvalue weighted by molar-refractivity contribution is -0.134. The fourth-order valence-corrected chi connectivity index (χ4v) is 3.60. The van der Waals surface area contributed by atoms with Crippen molar-refractivity contribution >= 4 is 34.3 Å². The zero-order chi connectivity index (χ0) is 17.6. The smallest absolute Gasteiger partial charge is 0.325 e. The number of nitrogens with zero attached hydrogens (tertiary/aromatic N) is 3. The number of urea groups is 1. The number of hydrogen-bond donors (Lipinski definition) is 2. The lowest BCUT2D eigenvalue weighted by Gasteiger charge is -2.20. The summed E-state index contributed by atoms with van der Waals surface area (Å²) in [4.78, 5) is 37.7. The Morgan fingerprint density at radius 2 is 2.28 bits per heavy atom. The van der Waals surface area contributed by atoms with Crippen LogP contribution in [-0.4, -0.2) is 45.0 Å². The lowest BCUT2D eigenvalue weighted by atomic mass is 9.96. The van der Waals surface area contributed by atoms with Crippen molar-refractivity contribution in [2.45, 2.75) is 25.3 Å². The highest BCUT2D eigenvalue weighted by Gasteiger charge is 2.56. The van der Waals surface area contributed by atoms with Crippen molar-refractivity contribution in [1.82, 2.24) is 20.4 Å². The van der Waals surface area contributed by atoms with Gasteiger partial charge in [-0.3, -0.25) is 19.8 Å². The summed E-state index contributed by atoms with van der Waals surface area (Å²) in [6.45, 7) is 1.35. The van der Waals surface area contributed by atoms with E-state index in [0.29, 0.717) is 10.8 Å². The second kappa shape index (κ2) is 5.66. The van der Waals surface area contributed by atoms with Gasteiger partial charge >= 0.3 is 6.03 Å². The molecule has 2 fully saturated rings. The van der Waals surface area contributed by atoms with Crippen LogP contribution in [0.25, 0.3) is 10.8 Å². The zero-order valence-electron chi connectivity index (χ0n) is 13.3. The van der Waals surface area contributed by atoms with Crippen molar-refractivity contribution in [2.24, 2.45) is 5.92 Å². The molecule has 9 nitrogen and oxygen atoms in total. The fourth-order valence-electron chi connectivity index (χ4n) is 2.87. The zero-order valence-corrected chi connectivity index (χ0v) is 14.1. The van der Waals surface area contributed by atoms with E-state index in [-0.39, 0.29) is 23.5 Å². The number of aromatic nitrogens is 2. The van der Waals surface area contributed by atoms with E-state index in [0.717, 1.165) is 29.1 Å². The van der Waals surface area contributed by atoms with Crippen molar-refractivity contribution in [3.8, 4) is 10.8 Å². The molecular weight excluding hydrogens is 346 g/mol. The average molecular weight is 361 g/mol. The number of rotatable bonds is 5. The summed E-state index contributed by atoms with van der Waals surface area (Å²) in [5.41, 5.74) is -0.896. The molecule has 2 N–H and O–H groups in total. The number of imide groups is 1. The Morgan fingerprint density at radius 1 is 1.48 bits per heavy atom. The molecule has 10 heteroatoms. The molecule has 4 rings (SSSR count). The maximum atomic E-state index is 12.5. The van der Waals surface area contributed by atoms with Crippen molar-refractivity contribution < 1.29 is 18.8 Å². The first kappa shape index (κ1) is 15.8. The van der Waals surface area contributed by atoms with Gasteiger partial charge in [-0.05, 0) is 37.8 Å². The summed E-state index contributed by atoms with van der Waals surface area (Å²) in [7, 11) is 0. The van der Waals surface area contributed by atoms with E-state index in [4.69, 9.17) is 4.42 Å². The molecule has 0 radical (unpaired) electrons. The van der Waals surface area contributed by atoms with Gasteiger partial charge in [0, 0.05) is 0 Å². The summed E-state index contributed by atoms with van der Waals surface area (Å²) >= 11 is 1.14. The lowest BCUT2D eigenvalue weighted by Crippen LogP contribution is -2.46. The highest BCUT2D eigenvalue weighted by molar-refractivity contribution is 7.18. The molecule has 2 aliphatic rings. The number of furan rings is 1. The first-order valence-corrected chi connectivity index (χ1v) is 8.60. The molecule has 2 aromatic heterocycles. The van der Waals surface area contributed by atoms with Crippen LogP contribution in [0.4, 0.5) is 9.93 Å². The van der Waals surface area contributed by atoms with Gasteiger partial charge in [-0.25, -0.2) is 4.79 Å². The summed E-state index contributed by atoms with van der Waals surface area (Å²) in [5, 5.41) is 13.8.